The lowest BCUT2D eigenvalue weighted by Crippen LogP contribution is -2.18. The summed E-state index contributed by atoms with van der Waals surface area (Å²) in [5, 5.41) is 2.89. The molecule has 6 heteroatoms. The van der Waals surface area contributed by atoms with Crippen molar-refractivity contribution in [3.63, 3.8) is 0 Å². The Balaban J connectivity index is 1.73. The normalized spacial score (nSPS) is 16.2. The van der Waals surface area contributed by atoms with Gasteiger partial charge in [-0.15, -0.1) is 0 Å². The van der Waals surface area contributed by atoms with Crippen LogP contribution < -0.4 is 19.5 Å². The van der Waals surface area contributed by atoms with Gasteiger partial charge < -0.3 is 24.3 Å². The molecule has 1 aliphatic rings. The molecular weight excluding hydrogens is 334 g/mol. The number of hydrogen-bond acceptors (Lipinski definition) is 5. The van der Waals surface area contributed by atoms with Crippen LogP contribution in [-0.2, 0) is 4.74 Å². The number of nitrogens with one attached hydrogen (secondary N) is 1. The van der Waals surface area contributed by atoms with Crippen LogP contribution in [0.4, 0.5) is 5.69 Å². The van der Waals surface area contributed by atoms with Crippen LogP contribution in [0.5, 0.6) is 17.2 Å². The molecule has 6 nitrogen and oxygen atoms in total. The van der Waals surface area contributed by atoms with E-state index in [2.05, 4.69) is 5.32 Å². The summed E-state index contributed by atoms with van der Waals surface area (Å²) in [4.78, 5) is 12.7. The van der Waals surface area contributed by atoms with E-state index < -0.39 is 0 Å². The smallest absolute Gasteiger partial charge is 0.259 e. The van der Waals surface area contributed by atoms with Gasteiger partial charge in [0.05, 0.1) is 31.6 Å². The average Bonchev–Trinajstić information content (AvgIpc) is 3.20. The highest BCUT2D eigenvalue weighted by molar-refractivity contribution is 6.07. The molecule has 1 atom stereocenters. The molecule has 3 rings (SSSR count). The lowest BCUT2D eigenvalue weighted by Gasteiger charge is -2.16. The average molecular weight is 357 g/mol. The molecule has 1 heterocycles. The second-order valence-corrected chi connectivity index (χ2v) is 5.96. The van der Waals surface area contributed by atoms with Crippen LogP contribution in [0.15, 0.2) is 42.5 Å². The van der Waals surface area contributed by atoms with E-state index >= 15 is 0 Å². The lowest BCUT2D eigenvalue weighted by molar-refractivity contribution is 0.0682. The Morgan fingerprint density at radius 2 is 2.00 bits per heavy atom. The number of hydrogen-bond donors (Lipinski definition) is 1. The SMILES string of the molecule is COc1ccc(C(=O)Nc2ccccc2OC[C@H]2CCCO2)c(OC)c1. The summed E-state index contributed by atoms with van der Waals surface area (Å²) in [6.07, 6.45) is 2.17. The van der Waals surface area contributed by atoms with Crippen molar-refractivity contribution in [1.29, 1.82) is 0 Å². The minimum atomic E-state index is -0.280. The van der Waals surface area contributed by atoms with Gasteiger partial charge in [-0.1, -0.05) is 12.1 Å². The van der Waals surface area contributed by atoms with Crippen LogP contribution in [0.2, 0.25) is 0 Å². The van der Waals surface area contributed by atoms with Crippen LogP contribution in [0.25, 0.3) is 0 Å². The molecular formula is C20H23NO5. The van der Waals surface area contributed by atoms with Crippen molar-refractivity contribution >= 4 is 11.6 Å². The molecule has 26 heavy (non-hydrogen) atoms. The first-order chi connectivity index (χ1) is 12.7. The Kier molecular flexibility index (Phi) is 5.96. The topological polar surface area (TPSA) is 66.0 Å². The van der Waals surface area contributed by atoms with Gasteiger partial charge in [-0.05, 0) is 37.1 Å². The van der Waals surface area contributed by atoms with Crippen LogP contribution >= 0.6 is 0 Å². The maximum atomic E-state index is 12.7. The highest BCUT2D eigenvalue weighted by Gasteiger charge is 2.18. The number of carbonyl (C=O) groups is 1. The zero-order chi connectivity index (χ0) is 18.4. The van der Waals surface area contributed by atoms with E-state index in [0.29, 0.717) is 35.1 Å². The van der Waals surface area contributed by atoms with Crippen LogP contribution in [0.3, 0.4) is 0 Å². The quantitative estimate of drug-likeness (QED) is 0.821. The van der Waals surface area contributed by atoms with Crippen LogP contribution in [0.1, 0.15) is 23.2 Å². The number of anilines is 1. The standard InChI is InChI=1S/C20H23NO5/c1-23-14-9-10-16(19(12-14)24-2)20(22)21-17-7-3-4-8-18(17)26-13-15-6-5-11-25-15/h3-4,7-10,12,15H,5-6,11,13H2,1-2H3,(H,21,22)/t15-/m1/s1. The van der Waals surface area contributed by atoms with Crippen molar-refractivity contribution < 1.29 is 23.7 Å². The third-order valence-electron chi connectivity index (χ3n) is 4.24. The van der Waals surface area contributed by atoms with E-state index in [1.165, 1.54) is 7.11 Å². The number of carbonyl (C=O) groups excluding carboxylic acids is 1. The van der Waals surface area contributed by atoms with Crippen molar-refractivity contribution in [2.45, 2.75) is 18.9 Å². The summed E-state index contributed by atoms with van der Waals surface area (Å²) >= 11 is 0. The van der Waals surface area contributed by atoms with E-state index in [4.69, 9.17) is 18.9 Å². The highest BCUT2D eigenvalue weighted by Crippen LogP contribution is 2.29. The van der Waals surface area contributed by atoms with Crippen molar-refractivity contribution in [2.24, 2.45) is 0 Å². The molecule has 2 aromatic rings. The Labute approximate surface area is 153 Å². The maximum Gasteiger partial charge on any atom is 0.259 e. The van der Waals surface area contributed by atoms with Crippen molar-refractivity contribution in [1.82, 2.24) is 0 Å². The van der Waals surface area contributed by atoms with Crippen LogP contribution in [0, 0.1) is 0 Å². The van der Waals surface area contributed by atoms with Gasteiger partial charge in [0, 0.05) is 12.7 Å². The maximum absolute atomic E-state index is 12.7. The van der Waals surface area contributed by atoms with Gasteiger partial charge in [-0.3, -0.25) is 4.79 Å². The van der Waals surface area contributed by atoms with Gasteiger partial charge >= 0.3 is 0 Å². The molecule has 1 amide bonds. The van der Waals surface area contributed by atoms with E-state index in [0.717, 1.165) is 19.4 Å². The number of ether oxygens (including phenoxy) is 4. The van der Waals surface area contributed by atoms with Crippen LogP contribution in [-0.4, -0.2) is 39.4 Å². The number of para-hydroxylation sites is 2. The zero-order valence-electron chi connectivity index (χ0n) is 15.0. The van der Waals surface area contributed by atoms with E-state index in [9.17, 15) is 4.79 Å². The Morgan fingerprint density at radius 1 is 1.15 bits per heavy atom. The summed E-state index contributed by atoms with van der Waals surface area (Å²) < 4.78 is 21.9. The molecule has 0 bridgehead atoms. The first kappa shape index (κ1) is 18.1. The monoisotopic (exact) mass is 357 g/mol. The van der Waals surface area contributed by atoms with E-state index in [-0.39, 0.29) is 12.0 Å². The molecule has 0 unspecified atom stereocenters. The molecule has 0 radical (unpaired) electrons. The van der Waals surface area contributed by atoms with Gasteiger partial charge in [-0.2, -0.15) is 0 Å². The van der Waals surface area contributed by atoms with Gasteiger partial charge in [-0.25, -0.2) is 0 Å². The minimum Gasteiger partial charge on any atom is -0.497 e. The molecule has 138 valence electrons. The fraction of sp³-hybridized carbons (Fsp3) is 0.350. The van der Waals surface area contributed by atoms with Gasteiger partial charge in [0.1, 0.15) is 23.9 Å². The highest BCUT2D eigenvalue weighted by atomic mass is 16.5. The first-order valence-electron chi connectivity index (χ1n) is 8.58. The number of benzene rings is 2. The Morgan fingerprint density at radius 3 is 2.73 bits per heavy atom. The van der Waals surface area contributed by atoms with Gasteiger partial charge in [0.2, 0.25) is 0 Å². The predicted molar refractivity (Wildman–Crippen MR) is 98.4 cm³/mol. The molecule has 0 spiro atoms. The molecule has 1 N–H and O–H groups in total. The second-order valence-electron chi connectivity index (χ2n) is 5.96. The fourth-order valence-electron chi connectivity index (χ4n) is 2.83. The molecule has 0 aromatic heterocycles. The number of rotatable bonds is 7. The zero-order valence-corrected chi connectivity index (χ0v) is 15.0. The summed E-state index contributed by atoms with van der Waals surface area (Å²) in [5.74, 6) is 1.40. The van der Waals surface area contributed by atoms with E-state index in [1.807, 2.05) is 18.2 Å². The fourth-order valence-corrected chi connectivity index (χ4v) is 2.83. The largest absolute Gasteiger partial charge is 0.497 e. The summed E-state index contributed by atoms with van der Waals surface area (Å²) in [5.41, 5.74) is 1.02. The number of methoxy groups -OCH3 is 2. The van der Waals surface area contributed by atoms with Crippen molar-refractivity contribution in [2.75, 3.05) is 32.8 Å². The summed E-state index contributed by atoms with van der Waals surface area (Å²) in [7, 11) is 3.08. The van der Waals surface area contributed by atoms with Crippen molar-refractivity contribution in [3.05, 3.63) is 48.0 Å². The molecule has 0 saturated carbocycles. The molecule has 1 saturated heterocycles. The third kappa shape index (κ3) is 4.26. The first-order valence-corrected chi connectivity index (χ1v) is 8.58. The van der Waals surface area contributed by atoms with E-state index in [1.54, 1.807) is 31.4 Å². The molecule has 2 aromatic carbocycles. The summed E-state index contributed by atoms with van der Waals surface area (Å²) in [6.45, 7) is 1.25. The van der Waals surface area contributed by atoms with Gasteiger partial charge in [0.25, 0.3) is 5.91 Å². The third-order valence-corrected chi connectivity index (χ3v) is 4.24. The molecule has 0 aliphatic carbocycles. The summed E-state index contributed by atoms with van der Waals surface area (Å²) in [6, 6.07) is 12.4. The Hall–Kier alpha value is -2.73. The minimum absolute atomic E-state index is 0.112. The molecule has 1 aliphatic heterocycles. The lowest BCUT2D eigenvalue weighted by atomic mass is 10.1. The predicted octanol–water partition coefficient (Wildman–Crippen LogP) is 3.51. The van der Waals surface area contributed by atoms with Gasteiger partial charge in [0.15, 0.2) is 0 Å². The second kappa shape index (κ2) is 8.58. The Bertz CT molecular complexity index is 756. The van der Waals surface area contributed by atoms with Crippen molar-refractivity contribution in [3.8, 4) is 17.2 Å². The molecule has 1 fully saturated rings. The number of amides is 1.